The van der Waals surface area contributed by atoms with Gasteiger partial charge in [-0.05, 0) is 33.3 Å². The van der Waals surface area contributed by atoms with Crippen LogP contribution in [0.2, 0.25) is 0 Å². The van der Waals surface area contributed by atoms with Crippen molar-refractivity contribution in [2.75, 3.05) is 20.3 Å². The minimum atomic E-state index is -0.732. The molecular weight excluding hydrogens is 292 g/mol. The third-order valence-corrected chi connectivity index (χ3v) is 3.61. The summed E-state index contributed by atoms with van der Waals surface area (Å²) >= 11 is 0. The molecule has 6 nitrogen and oxygen atoms in total. The van der Waals surface area contributed by atoms with Gasteiger partial charge in [0.25, 0.3) is 0 Å². The molecule has 2 unspecified atom stereocenters. The van der Waals surface area contributed by atoms with Gasteiger partial charge in [-0.2, -0.15) is 0 Å². The summed E-state index contributed by atoms with van der Waals surface area (Å²) in [6.07, 6.45) is 5.64. The topological polar surface area (TPSA) is 69.5 Å². The molecular formula is C17H30N4O2. The first-order valence-electron chi connectivity index (χ1n) is 7.96. The third-order valence-electron chi connectivity index (χ3n) is 3.61. The quantitative estimate of drug-likeness (QED) is 0.294. The van der Waals surface area contributed by atoms with E-state index in [2.05, 4.69) is 28.8 Å². The van der Waals surface area contributed by atoms with Gasteiger partial charge in [0.05, 0.1) is 19.5 Å². The van der Waals surface area contributed by atoms with Crippen molar-refractivity contribution in [2.24, 2.45) is 9.98 Å². The Hall–Kier alpha value is -1.50. The third kappa shape index (κ3) is 6.25. The van der Waals surface area contributed by atoms with Crippen molar-refractivity contribution in [3.05, 3.63) is 24.4 Å². The van der Waals surface area contributed by atoms with Crippen LogP contribution < -0.4 is 5.32 Å². The molecule has 2 atom stereocenters. The van der Waals surface area contributed by atoms with Crippen LogP contribution in [-0.2, 0) is 4.74 Å². The molecule has 23 heavy (non-hydrogen) atoms. The summed E-state index contributed by atoms with van der Waals surface area (Å²) in [6.45, 7) is 12.5. The SMILES string of the molecule is C=CC(C)(C)NC(O)CN=CN1C(COC)=CC(CC)=NC1C. The van der Waals surface area contributed by atoms with Crippen LogP contribution in [0.25, 0.3) is 0 Å². The first-order valence-corrected chi connectivity index (χ1v) is 7.96. The zero-order chi connectivity index (χ0) is 17.5. The summed E-state index contributed by atoms with van der Waals surface area (Å²) in [5.74, 6) is 0. The molecule has 0 spiro atoms. The highest BCUT2D eigenvalue weighted by molar-refractivity contribution is 5.96. The lowest BCUT2D eigenvalue weighted by atomic mass is 10.1. The predicted molar refractivity (Wildman–Crippen MR) is 95.8 cm³/mol. The Kier molecular flexibility index (Phi) is 7.61. The molecule has 0 saturated carbocycles. The van der Waals surface area contributed by atoms with E-state index < -0.39 is 6.23 Å². The Labute approximate surface area is 139 Å². The van der Waals surface area contributed by atoms with E-state index in [0.717, 1.165) is 17.8 Å². The summed E-state index contributed by atoms with van der Waals surface area (Å²) in [6, 6.07) is 0. The molecule has 2 N–H and O–H groups in total. The summed E-state index contributed by atoms with van der Waals surface area (Å²) in [7, 11) is 1.67. The van der Waals surface area contributed by atoms with E-state index >= 15 is 0 Å². The molecule has 130 valence electrons. The fourth-order valence-corrected chi connectivity index (χ4v) is 2.24. The minimum Gasteiger partial charge on any atom is -0.378 e. The van der Waals surface area contributed by atoms with Crippen LogP contribution in [0.15, 0.2) is 34.4 Å². The Bertz CT molecular complexity index is 483. The maximum atomic E-state index is 10.0. The van der Waals surface area contributed by atoms with Gasteiger partial charge in [-0.25, -0.2) is 0 Å². The average molecular weight is 322 g/mol. The molecule has 0 aromatic heterocycles. The number of aliphatic hydroxyl groups excluding tert-OH is 1. The number of methoxy groups -OCH3 is 1. The van der Waals surface area contributed by atoms with Crippen LogP contribution in [0.1, 0.15) is 34.1 Å². The van der Waals surface area contributed by atoms with Crippen molar-refractivity contribution in [3.63, 3.8) is 0 Å². The largest absolute Gasteiger partial charge is 0.378 e. The lowest BCUT2D eigenvalue weighted by molar-refractivity contribution is 0.121. The van der Waals surface area contributed by atoms with E-state index in [0.29, 0.717) is 6.61 Å². The smallest absolute Gasteiger partial charge is 0.125 e. The number of rotatable bonds is 9. The Morgan fingerprint density at radius 3 is 2.87 bits per heavy atom. The molecule has 1 aliphatic rings. The number of hydrogen-bond acceptors (Lipinski definition) is 5. The lowest BCUT2D eigenvalue weighted by Crippen LogP contribution is -2.46. The van der Waals surface area contributed by atoms with Crippen LogP contribution in [0, 0.1) is 0 Å². The lowest BCUT2D eigenvalue weighted by Gasteiger charge is -2.31. The Morgan fingerprint density at radius 1 is 1.61 bits per heavy atom. The van der Waals surface area contributed by atoms with Gasteiger partial charge in [-0.1, -0.05) is 13.0 Å². The van der Waals surface area contributed by atoms with Gasteiger partial charge in [-0.3, -0.25) is 15.3 Å². The summed E-state index contributed by atoms with van der Waals surface area (Å²) in [4.78, 5) is 10.9. The number of aliphatic hydroxyl groups is 1. The highest BCUT2D eigenvalue weighted by atomic mass is 16.5. The van der Waals surface area contributed by atoms with Crippen LogP contribution in [0.4, 0.5) is 0 Å². The maximum absolute atomic E-state index is 10.0. The second kappa shape index (κ2) is 8.96. The van der Waals surface area contributed by atoms with Crippen molar-refractivity contribution in [1.82, 2.24) is 10.2 Å². The Balaban J connectivity index is 2.69. The molecule has 1 aliphatic heterocycles. The minimum absolute atomic E-state index is 0.0291. The molecule has 1 rings (SSSR count). The second-order valence-corrected chi connectivity index (χ2v) is 6.15. The van der Waals surface area contributed by atoms with Crippen molar-refractivity contribution in [2.45, 2.75) is 52.0 Å². The summed E-state index contributed by atoms with van der Waals surface area (Å²) in [5, 5.41) is 13.0. The molecule has 0 amide bonds. The molecule has 6 heteroatoms. The fourth-order valence-electron chi connectivity index (χ4n) is 2.24. The number of nitrogens with zero attached hydrogens (tertiary/aromatic N) is 3. The second-order valence-electron chi connectivity index (χ2n) is 6.15. The van der Waals surface area contributed by atoms with Crippen molar-refractivity contribution in [3.8, 4) is 0 Å². The van der Waals surface area contributed by atoms with E-state index in [4.69, 9.17) is 4.74 Å². The molecule has 0 saturated heterocycles. The first kappa shape index (κ1) is 19.5. The van der Waals surface area contributed by atoms with E-state index in [9.17, 15) is 5.11 Å². The van der Waals surface area contributed by atoms with Crippen molar-refractivity contribution >= 4 is 12.1 Å². The number of allylic oxidation sites excluding steroid dienone is 1. The zero-order valence-electron chi connectivity index (χ0n) is 14.9. The fraction of sp³-hybridized carbons (Fsp3) is 0.647. The molecule has 0 fully saturated rings. The zero-order valence-corrected chi connectivity index (χ0v) is 14.9. The van der Waals surface area contributed by atoms with Crippen molar-refractivity contribution < 1.29 is 9.84 Å². The number of hydrogen-bond donors (Lipinski definition) is 2. The standard InChI is InChI=1S/C17H30N4O2/c1-7-14-9-15(11-23-6)21(13(3)19-14)12-18-10-16(22)20-17(4,5)8-2/h8-9,12-13,16,20,22H,2,7,10-11H2,1,3-6H3. The normalized spacial score (nSPS) is 20.4. The summed E-state index contributed by atoms with van der Waals surface area (Å²) < 4.78 is 5.26. The molecule has 0 radical (unpaired) electrons. The number of nitrogens with one attached hydrogen (secondary N) is 1. The van der Waals surface area contributed by atoms with E-state index in [1.807, 2.05) is 31.7 Å². The van der Waals surface area contributed by atoms with E-state index in [1.165, 1.54) is 0 Å². The molecule has 1 heterocycles. The van der Waals surface area contributed by atoms with Crippen LogP contribution in [0.5, 0.6) is 0 Å². The highest BCUT2D eigenvalue weighted by Gasteiger charge is 2.20. The molecule has 0 bridgehead atoms. The van der Waals surface area contributed by atoms with Crippen LogP contribution in [-0.4, -0.2) is 60.3 Å². The molecule has 0 aromatic carbocycles. The van der Waals surface area contributed by atoms with Crippen LogP contribution >= 0.6 is 0 Å². The Morgan fingerprint density at radius 2 is 2.30 bits per heavy atom. The van der Waals surface area contributed by atoms with Gasteiger partial charge < -0.3 is 14.7 Å². The molecule has 0 aromatic rings. The van der Waals surface area contributed by atoms with E-state index in [-0.39, 0.29) is 18.2 Å². The van der Waals surface area contributed by atoms with Gasteiger partial charge in [0.2, 0.25) is 0 Å². The van der Waals surface area contributed by atoms with Gasteiger partial charge in [-0.15, -0.1) is 6.58 Å². The van der Waals surface area contributed by atoms with Gasteiger partial charge in [0.1, 0.15) is 12.4 Å². The summed E-state index contributed by atoms with van der Waals surface area (Å²) in [5.41, 5.74) is 1.74. The van der Waals surface area contributed by atoms with Gasteiger partial charge in [0, 0.05) is 24.1 Å². The first-order chi connectivity index (χ1) is 10.8. The predicted octanol–water partition coefficient (Wildman–Crippen LogP) is 1.93. The monoisotopic (exact) mass is 322 g/mol. The van der Waals surface area contributed by atoms with Gasteiger partial charge >= 0.3 is 0 Å². The average Bonchev–Trinajstić information content (AvgIpc) is 2.49. The highest BCUT2D eigenvalue weighted by Crippen LogP contribution is 2.16. The van der Waals surface area contributed by atoms with Crippen LogP contribution in [0.3, 0.4) is 0 Å². The number of aliphatic imine (C=N–C) groups is 2. The maximum Gasteiger partial charge on any atom is 0.125 e. The number of ether oxygens (including phenoxy) is 1. The van der Waals surface area contributed by atoms with Crippen molar-refractivity contribution in [1.29, 1.82) is 0 Å². The molecule has 0 aliphatic carbocycles. The van der Waals surface area contributed by atoms with E-state index in [1.54, 1.807) is 19.5 Å². The van der Waals surface area contributed by atoms with Gasteiger partial charge in [0.15, 0.2) is 0 Å².